The zero-order chi connectivity index (χ0) is 16.8. The van der Waals surface area contributed by atoms with E-state index in [-0.39, 0.29) is 6.61 Å². The molecule has 3 N–H and O–H groups in total. The fourth-order valence-electron chi connectivity index (χ4n) is 2.31. The lowest BCUT2D eigenvalue weighted by Gasteiger charge is -2.41. The Bertz CT molecular complexity index is 490. The predicted molar refractivity (Wildman–Crippen MR) is 81.3 cm³/mol. The van der Waals surface area contributed by atoms with E-state index in [1.807, 2.05) is 0 Å². The number of aliphatic hydroxyl groups excluding tert-OH is 3. The molecule has 1 aromatic rings. The maximum Gasteiger partial charge on any atom is 0.229 e. The third kappa shape index (κ3) is 4.21. The van der Waals surface area contributed by atoms with Crippen molar-refractivity contribution in [2.75, 3.05) is 20.3 Å². The van der Waals surface area contributed by atoms with Crippen LogP contribution in [0.15, 0.2) is 36.9 Å². The molecule has 2 rings (SSSR count). The summed E-state index contributed by atoms with van der Waals surface area (Å²) >= 11 is 0. The average molecular weight is 326 g/mol. The van der Waals surface area contributed by atoms with Gasteiger partial charge in [-0.15, -0.1) is 6.58 Å². The topological polar surface area (TPSA) is 97.6 Å². The van der Waals surface area contributed by atoms with E-state index in [9.17, 15) is 15.3 Å². The Balaban J connectivity index is 2.10. The first-order valence-corrected chi connectivity index (χ1v) is 7.26. The number of ether oxygens (including phenoxy) is 4. The maximum atomic E-state index is 10.3. The molecule has 7 nitrogen and oxygen atoms in total. The van der Waals surface area contributed by atoms with Gasteiger partial charge in [-0.05, 0) is 24.3 Å². The van der Waals surface area contributed by atoms with E-state index in [0.717, 1.165) is 0 Å². The lowest BCUT2D eigenvalue weighted by Crippen LogP contribution is -2.61. The van der Waals surface area contributed by atoms with Crippen LogP contribution >= 0.6 is 0 Å². The van der Waals surface area contributed by atoms with Crippen LogP contribution in [-0.4, -0.2) is 66.3 Å². The monoisotopic (exact) mass is 326 g/mol. The molecule has 0 aromatic heterocycles. The van der Waals surface area contributed by atoms with Gasteiger partial charge in [-0.2, -0.15) is 0 Å². The zero-order valence-electron chi connectivity index (χ0n) is 12.9. The summed E-state index contributed by atoms with van der Waals surface area (Å²) in [7, 11) is 1.55. The van der Waals surface area contributed by atoms with Crippen molar-refractivity contribution in [1.29, 1.82) is 0 Å². The predicted octanol–water partition coefficient (Wildman–Crippen LogP) is 0.0842. The van der Waals surface area contributed by atoms with E-state index in [2.05, 4.69) is 6.58 Å². The van der Waals surface area contributed by atoms with Crippen molar-refractivity contribution in [2.24, 2.45) is 0 Å². The number of methoxy groups -OCH3 is 1. The van der Waals surface area contributed by atoms with Gasteiger partial charge in [0.05, 0.1) is 20.3 Å². The van der Waals surface area contributed by atoms with Crippen LogP contribution < -0.4 is 9.47 Å². The third-order valence-corrected chi connectivity index (χ3v) is 3.54. The molecule has 1 heterocycles. The molecule has 0 radical (unpaired) electrons. The normalized spacial score (nSPS) is 30.7. The SMILES string of the molecule is C=CCO[C@@H]1[C@H](O)[C@@H](Oc2ccc(OC)cc2)O[C@H](CO)[C@H]1O. The highest BCUT2D eigenvalue weighted by Crippen LogP contribution is 2.27. The van der Waals surface area contributed by atoms with Gasteiger partial charge in [0.2, 0.25) is 6.29 Å². The van der Waals surface area contributed by atoms with Crippen molar-refractivity contribution < 1.29 is 34.3 Å². The largest absolute Gasteiger partial charge is 0.497 e. The molecule has 0 bridgehead atoms. The summed E-state index contributed by atoms with van der Waals surface area (Å²) in [5, 5.41) is 29.8. The second-order valence-corrected chi connectivity index (χ2v) is 5.09. The number of benzene rings is 1. The van der Waals surface area contributed by atoms with Crippen LogP contribution in [0, 0.1) is 0 Å². The molecule has 0 aliphatic carbocycles. The third-order valence-electron chi connectivity index (χ3n) is 3.54. The number of hydrogen-bond acceptors (Lipinski definition) is 7. The highest BCUT2D eigenvalue weighted by Gasteiger charge is 2.46. The highest BCUT2D eigenvalue weighted by molar-refractivity contribution is 5.31. The molecular formula is C16H22O7. The van der Waals surface area contributed by atoms with E-state index in [1.165, 1.54) is 6.08 Å². The molecule has 0 unspecified atom stereocenters. The first-order valence-electron chi connectivity index (χ1n) is 7.26. The second-order valence-electron chi connectivity index (χ2n) is 5.09. The summed E-state index contributed by atoms with van der Waals surface area (Å²) in [6.45, 7) is 3.24. The Morgan fingerprint density at radius 1 is 1.17 bits per heavy atom. The van der Waals surface area contributed by atoms with E-state index < -0.39 is 37.3 Å². The summed E-state index contributed by atoms with van der Waals surface area (Å²) in [5.41, 5.74) is 0. The van der Waals surface area contributed by atoms with Crippen molar-refractivity contribution in [3.05, 3.63) is 36.9 Å². The first-order chi connectivity index (χ1) is 11.1. The molecule has 128 valence electrons. The van der Waals surface area contributed by atoms with Crippen molar-refractivity contribution in [3.8, 4) is 11.5 Å². The highest BCUT2D eigenvalue weighted by atomic mass is 16.7. The minimum absolute atomic E-state index is 0.145. The Hall–Kier alpha value is -1.64. The molecule has 1 aliphatic rings. The molecule has 1 fully saturated rings. The summed E-state index contributed by atoms with van der Waals surface area (Å²) < 4.78 is 21.5. The number of hydrogen-bond donors (Lipinski definition) is 3. The summed E-state index contributed by atoms with van der Waals surface area (Å²) in [6, 6.07) is 6.73. The standard InChI is InChI=1S/C16H22O7/c1-3-8-21-15-13(18)12(9-17)23-16(14(15)19)22-11-6-4-10(20-2)5-7-11/h3-7,12-19H,1,8-9H2,2H3/t12-,13-,14+,15+,16+/m1/s1. The van der Waals surface area contributed by atoms with Crippen molar-refractivity contribution in [2.45, 2.75) is 30.7 Å². The van der Waals surface area contributed by atoms with Crippen LogP contribution in [0.3, 0.4) is 0 Å². The van der Waals surface area contributed by atoms with E-state index >= 15 is 0 Å². The molecule has 0 spiro atoms. The van der Waals surface area contributed by atoms with Gasteiger partial charge >= 0.3 is 0 Å². The maximum absolute atomic E-state index is 10.3. The van der Waals surface area contributed by atoms with E-state index in [0.29, 0.717) is 11.5 Å². The quantitative estimate of drug-likeness (QED) is 0.611. The molecule has 5 atom stereocenters. The molecule has 1 saturated heterocycles. The zero-order valence-corrected chi connectivity index (χ0v) is 12.9. The van der Waals surface area contributed by atoms with E-state index in [1.54, 1.807) is 31.4 Å². The first kappa shape index (κ1) is 17.7. The van der Waals surface area contributed by atoms with Gasteiger partial charge < -0.3 is 34.3 Å². The Morgan fingerprint density at radius 2 is 1.83 bits per heavy atom. The number of rotatable bonds is 7. The van der Waals surface area contributed by atoms with Crippen LogP contribution in [0.2, 0.25) is 0 Å². The van der Waals surface area contributed by atoms with Gasteiger partial charge in [0.1, 0.15) is 35.9 Å². The fourth-order valence-corrected chi connectivity index (χ4v) is 2.31. The molecule has 23 heavy (non-hydrogen) atoms. The van der Waals surface area contributed by atoms with Crippen LogP contribution in [0.1, 0.15) is 0 Å². The van der Waals surface area contributed by atoms with E-state index in [4.69, 9.17) is 18.9 Å². The van der Waals surface area contributed by atoms with Gasteiger partial charge in [0.25, 0.3) is 0 Å². The Kier molecular flexibility index (Phi) is 6.37. The Labute approximate surface area is 134 Å². The van der Waals surface area contributed by atoms with Crippen molar-refractivity contribution >= 4 is 0 Å². The Morgan fingerprint density at radius 3 is 2.39 bits per heavy atom. The summed E-state index contributed by atoms with van der Waals surface area (Å²) in [5.74, 6) is 1.11. The molecule has 1 aliphatic heterocycles. The number of aliphatic hydroxyl groups is 3. The summed E-state index contributed by atoms with van der Waals surface area (Å²) in [6.07, 6.45) is -3.86. The fraction of sp³-hybridized carbons (Fsp3) is 0.500. The smallest absolute Gasteiger partial charge is 0.229 e. The molecule has 7 heteroatoms. The van der Waals surface area contributed by atoms with Crippen LogP contribution in [-0.2, 0) is 9.47 Å². The van der Waals surface area contributed by atoms with Gasteiger partial charge in [-0.25, -0.2) is 0 Å². The van der Waals surface area contributed by atoms with Gasteiger partial charge in [-0.1, -0.05) is 6.08 Å². The van der Waals surface area contributed by atoms with Gasteiger partial charge in [0, 0.05) is 0 Å². The lowest BCUT2D eigenvalue weighted by atomic mass is 9.99. The second kappa shape index (κ2) is 8.28. The van der Waals surface area contributed by atoms with Gasteiger partial charge in [0.15, 0.2) is 0 Å². The van der Waals surface area contributed by atoms with Crippen LogP contribution in [0.5, 0.6) is 11.5 Å². The summed E-state index contributed by atoms with van der Waals surface area (Å²) in [4.78, 5) is 0. The average Bonchev–Trinajstić information content (AvgIpc) is 2.58. The molecular weight excluding hydrogens is 304 g/mol. The minimum atomic E-state index is -1.23. The molecule has 1 aromatic carbocycles. The van der Waals surface area contributed by atoms with Crippen LogP contribution in [0.25, 0.3) is 0 Å². The molecule has 0 amide bonds. The lowest BCUT2D eigenvalue weighted by molar-refractivity contribution is -0.284. The van der Waals surface area contributed by atoms with Gasteiger partial charge in [-0.3, -0.25) is 0 Å². The minimum Gasteiger partial charge on any atom is -0.497 e. The molecule has 0 saturated carbocycles. The van der Waals surface area contributed by atoms with Crippen molar-refractivity contribution in [3.63, 3.8) is 0 Å². The van der Waals surface area contributed by atoms with Crippen molar-refractivity contribution in [1.82, 2.24) is 0 Å². The van der Waals surface area contributed by atoms with Crippen LogP contribution in [0.4, 0.5) is 0 Å².